The average molecular weight is 244 g/mol. The van der Waals surface area contributed by atoms with Gasteiger partial charge in [-0.1, -0.05) is 17.7 Å². The van der Waals surface area contributed by atoms with E-state index in [0.29, 0.717) is 6.54 Å². The Hall–Kier alpha value is -0.770. The summed E-state index contributed by atoms with van der Waals surface area (Å²) in [5.74, 6) is 0.769. The van der Waals surface area contributed by atoms with Gasteiger partial charge in [0.05, 0.1) is 13.2 Å². The number of rotatable bonds is 6. The summed E-state index contributed by atoms with van der Waals surface area (Å²) < 4.78 is 5.07. The molecule has 1 rings (SSSR count). The van der Waals surface area contributed by atoms with Crippen LogP contribution in [0.3, 0.4) is 0 Å². The third-order valence-electron chi connectivity index (χ3n) is 2.27. The van der Waals surface area contributed by atoms with Gasteiger partial charge in [0.1, 0.15) is 5.75 Å². The second kappa shape index (κ2) is 6.74. The van der Waals surface area contributed by atoms with E-state index in [1.807, 2.05) is 18.2 Å². The predicted octanol–water partition coefficient (Wildman–Crippen LogP) is 1.86. The molecule has 0 aliphatic rings. The molecule has 2 N–H and O–H groups in total. The first-order valence-corrected chi connectivity index (χ1v) is 5.72. The summed E-state index contributed by atoms with van der Waals surface area (Å²) in [6.45, 7) is 3.16. The molecule has 16 heavy (non-hydrogen) atoms. The molecule has 90 valence electrons. The molecule has 0 radical (unpaired) electrons. The van der Waals surface area contributed by atoms with E-state index in [1.54, 1.807) is 14.0 Å². The Morgan fingerprint density at radius 3 is 2.81 bits per heavy atom. The number of hydrogen-bond donors (Lipinski definition) is 2. The van der Waals surface area contributed by atoms with E-state index < -0.39 is 0 Å². The maximum atomic E-state index is 9.07. The summed E-state index contributed by atoms with van der Waals surface area (Å²) in [5.41, 5.74) is 1.08. The highest BCUT2D eigenvalue weighted by Gasteiger charge is 2.02. The van der Waals surface area contributed by atoms with E-state index in [0.717, 1.165) is 29.3 Å². The molecule has 0 spiro atoms. The minimum atomic E-state index is -0.314. The van der Waals surface area contributed by atoms with Gasteiger partial charge in [0.2, 0.25) is 0 Å². The van der Waals surface area contributed by atoms with Crippen molar-refractivity contribution < 1.29 is 9.84 Å². The van der Waals surface area contributed by atoms with Crippen molar-refractivity contribution >= 4 is 11.6 Å². The Morgan fingerprint density at radius 2 is 2.25 bits per heavy atom. The summed E-state index contributed by atoms with van der Waals surface area (Å²) in [7, 11) is 1.62. The van der Waals surface area contributed by atoms with Crippen LogP contribution in [0.2, 0.25) is 5.02 Å². The van der Waals surface area contributed by atoms with Crippen molar-refractivity contribution in [2.75, 3.05) is 20.2 Å². The minimum absolute atomic E-state index is 0.314. The molecular formula is C12H18ClNO2. The molecule has 1 aromatic carbocycles. The molecule has 0 fully saturated rings. The van der Waals surface area contributed by atoms with Gasteiger partial charge in [0.25, 0.3) is 0 Å². The Labute approximate surface area is 101 Å². The van der Waals surface area contributed by atoms with Crippen molar-refractivity contribution in [1.29, 1.82) is 0 Å². The van der Waals surface area contributed by atoms with E-state index >= 15 is 0 Å². The quantitative estimate of drug-likeness (QED) is 0.750. The molecule has 0 saturated carbocycles. The number of aliphatic hydroxyl groups excluding tert-OH is 1. The number of benzene rings is 1. The second-order valence-electron chi connectivity index (χ2n) is 3.76. The standard InChI is InChI=1S/C12H18ClNO2/c1-9(15)8-14-6-5-10-3-4-11(16-2)7-12(10)13/h3-4,7,9,14-15H,5-6,8H2,1-2H3. The van der Waals surface area contributed by atoms with Gasteiger partial charge in [-0.3, -0.25) is 0 Å². The van der Waals surface area contributed by atoms with E-state index in [2.05, 4.69) is 5.32 Å². The van der Waals surface area contributed by atoms with Crippen LogP contribution < -0.4 is 10.1 Å². The third kappa shape index (κ3) is 4.39. The molecule has 0 saturated heterocycles. The molecular weight excluding hydrogens is 226 g/mol. The summed E-state index contributed by atoms with van der Waals surface area (Å²) in [6, 6.07) is 5.67. The first kappa shape index (κ1) is 13.3. The topological polar surface area (TPSA) is 41.5 Å². The molecule has 1 atom stereocenters. The molecule has 1 aromatic rings. The van der Waals surface area contributed by atoms with Crippen LogP contribution in [0.15, 0.2) is 18.2 Å². The Balaban J connectivity index is 2.42. The van der Waals surface area contributed by atoms with Crippen LogP contribution in [0.5, 0.6) is 5.75 Å². The number of hydrogen-bond acceptors (Lipinski definition) is 3. The van der Waals surface area contributed by atoms with Crippen LogP contribution in [-0.2, 0) is 6.42 Å². The number of nitrogens with one attached hydrogen (secondary N) is 1. The molecule has 1 unspecified atom stereocenters. The fraction of sp³-hybridized carbons (Fsp3) is 0.500. The van der Waals surface area contributed by atoms with Crippen LogP contribution in [0.4, 0.5) is 0 Å². The first-order valence-electron chi connectivity index (χ1n) is 5.34. The fourth-order valence-electron chi connectivity index (χ4n) is 1.39. The second-order valence-corrected chi connectivity index (χ2v) is 4.17. The highest BCUT2D eigenvalue weighted by molar-refractivity contribution is 6.31. The van der Waals surface area contributed by atoms with E-state index in [-0.39, 0.29) is 6.10 Å². The van der Waals surface area contributed by atoms with Crippen molar-refractivity contribution in [3.63, 3.8) is 0 Å². The Morgan fingerprint density at radius 1 is 1.50 bits per heavy atom. The molecule has 0 amide bonds. The van der Waals surface area contributed by atoms with Gasteiger partial charge in [-0.05, 0) is 37.6 Å². The van der Waals surface area contributed by atoms with Crippen molar-refractivity contribution in [2.24, 2.45) is 0 Å². The lowest BCUT2D eigenvalue weighted by molar-refractivity contribution is 0.191. The first-order chi connectivity index (χ1) is 7.63. The highest BCUT2D eigenvalue weighted by atomic mass is 35.5. The van der Waals surface area contributed by atoms with Crippen molar-refractivity contribution in [2.45, 2.75) is 19.4 Å². The van der Waals surface area contributed by atoms with Crippen LogP contribution >= 0.6 is 11.6 Å². The summed E-state index contributed by atoms with van der Waals surface area (Å²) in [4.78, 5) is 0. The summed E-state index contributed by atoms with van der Waals surface area (Å²) in [6.07, 6.45) is 0.529. The van der Waals surface area contributed by atoms with Crippen LogP contribution in [0, 0.1) is 0 Å². The van der Waals surface area contributed by atoms with Crippen LogP contribution in [-0.4, -0.2) is 31.4 Å². The SMILES string of the molecule is COc1ccc(CCNCC(C)O)c(Cl)c1. The highest BCUT2D eigenvalue weighted by Crippen LogP contribution is 2.22. The molecule has 0 heterocycles. The van der Waals surface area contributed by atoms with Gasteiger partial charge in [-0.2, -0.15) is 0 Å². The van der Waals surface area contributed by atoms with Gasteiger partial charge >= 0.3 is 0 Å². The third-order valence-corrected chi connectivity index (χ3v) is 2.62. The number of methoxy groups -OCH3 is 1. The van der Waals surface area contributed by atoms with Gasteiger partial charge in [0, 0.05) is 11.6 Å². The monoisotopic (exact) mass is 243 g/mol. The molecule has 0 aromatic heterocycles. The summed E-state index contributed by atoms with van der Waals surface area (Å²) >= 11 is 6.09. The largest absolute Gasteiger partial charge is 0.497 e. The molecule has 3 nitrogen and oxygen atoms in total. The smallest absolute Gasteiger partial charge is 0.120 e. The fourth-order valence-corrected chi connectivity index (χ4v) is 1.66. The maximum Gasteiger partial charge on any atom is 0.120 e. The molecule has 0 bridgehead atoms. The number of ether oxygens (including phenoxy) is 1. The van der Waals surface area contributed by atoms with Gasteiger partial charge in [-0.25, -0.2) is 0 Å². The normalized spacial score (nSPS) is 12.5. The van der Waals surface area contributed by atoms with Crippen molar-refractivity contribution in [1.82, 2.24) is 5.32 Å². The zero-order valence-electron chi connectivity index (χ0n) is 9.66. The maximum absolute atomic E-state index is 9.07. The van der Waals surface area contributed by atoms with E-state index in [9.17, 15) is 0 Å². The van der Waals surface area contributed by atoms with E-state index in [1.165, 1.54) is 0 Å². The molecule has 4 heteroatoms. The number of aliphatic hydroxyl groups is 1. The van der Waals surface area contributed by atoms with Gasteiger partial charge in [-0.15, -0.1) is 0 Å². The van der Waals surface area contributed by atoms with Crippen LogP contribution in [0.25, 0.3) is 0 Å². The molecule has 0 aliphatic carbocycles. The summed E-state index contributed by atoms with van der Waals surface area (Å²) in [5, 5.41) is 12.9. The van der Waals surface area contributed by atoms with Gasteiger partial charge < -0.3 is 15.2 Å². The Bertz CT molecular complexity index is 329. The Kier molecular flexibility index (Phi) is 5.60. The van der Waals surface area contributed by atoms with Crippen molar-refractivity contribution in [3.05, 3.63) is 28.8 Å². The van der Waals surface area contributed by atoms with Crippen molar-refractivity contribution in [3.8, 4) is 5.75 Å². The molecule has 0 aliphatic heterocycles. The lowest BCUT2D eigenvalue weighted by Gasteiger charge is -2.09. The van der Waals surface area contributed by atoms with Gasteiger partial charge in [0.15, 0.2) is 0 Å². The van der Waals surface area contributed by atoms with E-state index in [4.69, 9.17) is 21.4 Å². The number of halogens is 1. The lowest BCUT2D eigenvalue weighted by atomic mass is 10.1. The lowest BCUT2D eigenvalue weighted by Crippen LogP contribution is -2.26. The zero-order valence-corrected chi connectivity index (χ0v) is 10.4. The zero-order chi connectivity index (χ0) is 12.0. The minimum Gasteiger partial charge on any atom is -0.497 e. The average Bonchev–Trinajstić information content (AvgIpc) is 2.25. The van der Waals surface area contributed by atoms with Crippen LogP contribution in [0.1, 0.15) is 12.5 Å². The predicted molar refractivity (Wildman–Crippen MR) is 66.3 cm³/mol.